The van der Waals surface area contributed by atoms with E-state index in [4.69, 9.17) is 5.73 Å². The normalized spacial score (nSPS) is 12.8. The molecule has 0 aliphatic heterocycles. The van der Waals surface area contributed by atoms with Crippen molar-refractivity contribution in [2.45, 2.75) is 24.3 Å². The van der Waals surface area contributed by atoms with E-state index in [2.05, 4.69) is 4.72 Å². The maximum atomic E-state index is 12.9. The predicted octanol–water partition coefficient (Wildman–Crippen LogP) is 0.980. The second kappa shape index (κ2) is 4.67. The van der Waals surface area contributed by atoms with Crippen LogP contribution in [0.5, 0.6) is 0 Å². The van der Waals surface area contributed by atoms with Crippen molar-refractivity contribution in [1.82, 2.24) is 4.72 Å². The van der Waals surface area contributed by atoms with Gasteiger partial charge in [0.15, 0.2) is 11.6 Å². The molecule has 0 unspecified atom stereocenters. The molecular weight excluding hydrogens is 250 g/mol. The first-order valence-corrected chi connectivity index (χ1v) is 6.35. The van der Waals surface area contributed by atoms with Crippen molar-refractivity contribution < 1.29 is 17.2 Å². The molecule has 17 heavy (non-hydrogen) atoms. The van der Waals surface area contributed by atoms with Crippen molar-refractivity contribution in [3.63, 3.8) is 0 Å². The van der Waals surface area contributed by atoms with Crippen LogP contribution in [0.2, 0.25) is 0 Å². The summed E-state index contributed by atoms with van der Waals surface area (Å²) < 4.78 is 51.5. The van der Waals surface area contributed by atoms with E-state index >= 15 is 0 Å². The number of sulfonamides is 1. The van der Waals surface area contributed by atoms with Gasteiger partial charge in [0.1, 0.15) is 0 Å². The zero-order valence-electron chi connectivity index (χ0n) is 9.50. The molecule has 0 spiro atoms. The molecule has 0 radical (unpaired) electrons. The smallest absolute Gasteiger partial charge is 0.241 e. The molecule has 0 aliphatic rings. The second-order valence-electron chi connectivity index (χ2n) is 4.27. The van der Waals surface area contributed by atoms with E-state index in [1.807, 2.05) is 0 Å². The van der Waals surface area contributed by atoms with Gasteiger partial charge in [-0.2, -0.15) is 0 Å². The van der Waals surface area contributed by atoms with E-state index in [0.29, 0.717) is 6.07 Å². The first kappa shape index (κ1) is 14.0. The number of nitrogens with one attached hydrogen (secondary N) is 1. The first-order chi connectivity index (χ1) is 7.68. The fraction of sp³-hybridized carbons (Fsp3) is 0.400. The topological polar surface area (TPSA) is 72.2 Å². The molecule has 0 heterocycles. The Morgan fingerprint density at radius 3 is 2.35 bits per heavy atom. The standard InChI is InChI=1S/C10H14F2N2O2S/c1-10(2,6-13)14-17(15,16)7-3-4-8(11)9(12)5-7/h3-5,14H,6,13H2,1-2H3. The molecular formula is C10H14F2N2O2S. The Bertz CT molecular complexity index is 515. The van der Waals surface area contributed by atoms with Crippen molar-refractivity contribution in [2.75, 3.05) is 6.54 Å². The Morgan fingerprint density at radius 1 is 1.29 bits per heavy atom. The molecule has 0 amide bonds. The predicted molar refractivity (Wildman–Crippen MR) is 59.8 cm³/mol. The van der Waals surface area contributed by atoms with E-state index < -0.39 is 27.2 Å². The zero-order valence-corrected chi connectivity index (χ0v) is 10.3. The van der Waals surface area contributed by atoms with Gasteiger partial charge in [0.25, 0.3) is 0 Å². The van der Waals surface area contributed by atoms with E-state index in [1.165, 1.54) is 0 Å². The third-order valence-corrected chi connectivity index (χ3v) is 3.82. The highest BCUT2D eigenvalue weighted by Gasteiger charge is 2.25. The summed E-state index contributed by atoms with van der Waals surface area (Å²) >= 11 is 0. The maximum Gasteiger partial charge on any atom is 0.241 e. The van der Waals surface area contributed by atoms with E-state index in [-0.39, 0.29) is 11.4 Å². The van der Waals surface area contributed by atoms with Crippen LogP contribution in [0.3, 0.4) is 0 Å². The van der Waals surface area contributed by atoms with Crippen LogP contribution in [0.25, 0.3) is 0 Å². The molecule has 0 saturated heterocycles. The molecule has 1 aromatic rings. The molecule has 3 N–H and O–H groups in total. The van der Waals surface area contributed by atoms with Crippen LogP contribution in [-0.4, -0.2) is 20.5 Å². The lowest BCUT2D eigenvalue weighted by molar-refractivity contribution is 0.461. The van der Waals surface area contributed by atoms with Crippen LogP contribution in [-0.2, 0) is 10.0 Å². The summed E-state index contributed by atoms with van der Waals surface area (Å²) in [6, 6.07) is 2.39. The fourth-order valence-electron chi connectivity index (χ4n) is 1.11. The van der Waals surface area contributed by atoms with Crippen LogP contribution in [0, 0.1) is 11.6 Å². The Hall–Kier alpha value is -1.05. The highest BCUT2D eigenvalue weighted by atomic mass is 32.2. The van der Waals surface area contributed by atoms with Gasteiger partial charge in [-0.3, -0.25) is 0 Å². The summed E-state index contributed by atoms with van der Waals surface area (Å²) in [6.45, 7) is 3.25. The summed E-state index contributed by atoms with van der Waals surface area (Å²) in [6.07, 6.45) is 0. The van der Waals surface area contributed by atoms with Crippen molar-refractivity contribution in [2.24, 2.45) is 5.73 Å². The Morgan fingerprint density at radius 2 is 1.88 bits per heavy atom. The highest BCUT2D eigenvalue weighted by molar-refractivity contribution is 7.89. The van der Waals surface area contributed by atoms with Gasteiger partial charge in [-0.1, -0.05) is 0 Å². The first-order valence-electron chi connectivity index (χ1n) is 4.87. The molecule has 0 atom stereocenters. The molecule has 4 nitrogen and oxygen atoms in total. The van der Waals surface area contributed by atoms with Crippen LogP contribution in [0.4, 0.5) is 8.78 Å². The SMILES string of the molecule is CC(C)(CN)NS(=O)(=O)c1ccc(F)c(F)c1. The quantitative estimate of drug-likeness (QED) is 0.851. The maximum absolute atomic E-state index is 12.9. The van der Waals surface area contributed by atoms with E-state index in [9.17, 15) is 17.2 Å². The molecule has 0 saturated carbocycles. The van der Waals surface area contributed by atoms with Crippen molar-refractivity contribution in [1.29, 1.82) is 0 Å². The fourth-order valence-corrected chi connectivity index (χ4v) is 2.54. The number of nitrogens with two attached hydrogens (primary N) is 1. The monoisotopic (exact) mass is 264 g/mol. The lowest BCUT2D eigenvalue weighted by atomic mass is 10.1. The summed E-state index contributed by atoms with van der Waals surface area (Å²) in [7, 11) is -3.91. The molecule has 0 aliphatic carbocycles. The van der Waals surface area contributed by atoms with E-state index in [0.717, 1.165) is 12.1 Å². The molecule has 1 rings (SSSR count). The minimum Gasteiger partial charge on any atom is -0.329 e. The zero-order chi connectivity index (χ0) is 13.3. The van der Waals surface area contributed by atoms with Crippen LogP contribution in [0.15, 0.2) is 23.1 Å². The van der Waals surface area contributed by atoms with Crippen LogP contribution >= 0.6 is 0 Å². The molecule has 0 bridgehead atoms. The van der Waals surface area contributed by atoms with Gasteiger partial charge >= 0.3 is 0 Å². The lowest BCUT2D eigenvalue weighted by Crippen LogP contribution is -2.48. The third-order valence-electron chi connectivity index (χ3n) is 2.12. The molecule has 0 aromatic heterocycles. The van der Waals surface area contributed by atoms with Crippen molar-refractivity contribution in [3.05, 3.63) is 29.8 Å². The average Bonchev–Trinajstić information content (AvgIpc) is 2.20. The number of hydrogen-bond donors (Lipinski definition) is 2. The Labute approximate surface area is 98.9 Å². The van der Waals surface area contributed by atoms with Crippen molar-refractivity contribution >= 4 is 10.0 Å². The Kier molecular flexibility index (Phi) is 3.85. The summed E-state index contributed by atoms with van der Waals surface area (Å²) in [5.74, 6) is -2.31. The van der Waals surface area contributed by atoms with Gasteiger partial charge in [0.2, 0.25) is 10.0 Å². The molecule has 96 valence electrons. The second-order valence-corrected chi connectivity index (χ2v) is 5.95. The molecule has 0 fully saturated rings. The van der Waals surface area contributed by atoms with Gasteiger partial charge < -0.3 is 5.73 Å². The van der Waals surface area contributed by atoms with Crippen LogP contribution < -0.4 is 10.5 Å². The third kappa shape index (κ3) is 3.45. The number of rotatable bonds is 4. The lowest BCUT2D eigenvalue weighted by Gasteiger charge is -2.23. The van der Waals surface area contributed by atoms with Gasteiger partial charge in [0, 0.05) is 12.1 Å². The van der Waals surface area contributed by atoms with Gasteiger partial charge in [-0.25, -0.2) is 21.9 Å². The summed E-state index contributed by atoms with van der Waals surface area (Å²) in [5.41, 5.74) is 4.53. The van der Waals surface area contributed by atoms with Gasteiger partial charge in [-0.05, 0) is 32.0 Å². The van der Waals surface area contributed by atoms with Crippen LogP contribution in [0.1, 0.15) is 13.8 Å². The largest absolute Gasteiger partial charge is 0.329 e. The van der Waals surface area contributed by atoms with Crippen molar-refractivity contribution in [3.8, 4) is 0 Å². The highest BCUT2D eigenvalue weighted by Crippen LogP contribution is 2.15. The number of hydrogen-bond acceptors (Lipinski definition) is 3. The number of benzene rings is 1. The summed E-state index contributed by atoms with van der Waals surface area (Å²) in [4.78, 5) is -0.335. The Balaban J connectivity index is 3.10. The van der Waals surface area contributed by atoms with Gasteiger partial charge in [0.05, 0.1) is 4.90 Å². The van der Waals surface area contributed by atoms with E-state index in [1.54, 1.807) is 13.8 Å². The number of halogens is 2. The van der Waals surface area contributed by atoms with Gasteiger partial charge in [-0.15, -0.1) is 0 Å². The minimum atomic E-state index is -3.91. The summed E-state index contributed by atoms with van der Waals surface area (Å²) in [5, 5.41) is 0. The molecule has 1 aromatic carbocycles. The minimum absolute atomic E-state index is 0.0793. The average molecular weight is 264 g/mol. The molecule has 7 heteroatoms.